The van der Waals surface area contributed by atoms with E-state index in [1.54, 1.807) is 12.1 Å². The molecule has 7 nitrogen and oxygen atoms in total. The number of hydrogen-bond donors (Lipinski definition) is 2. The molecular weight excluding hydrogens is 433 g/mol. The standard InChI is InChI=1S/C19H15Cl2N5O2S/c20-12-6-7-14(13(21)8-12)22-16(27)9-15-17(28)23-18-24-19(25-26(15)18)29-10-11-4-2-1-3-5-11/h1-8,15H,9-10H2,(H,22,27)(H,23,24,25,28). The lowest BCUT2D eigenvalue weighted by molar-refractivity contribution is -0.123. The smallest absolute Gasteiger partial charge is 0.252 e. The van der Waals surface area contributed by atoms with E-state index in [1.807, 2.05) is 30.3 Å². The molecule has 1 aromatic heterocycles. The number of amides is 2. The van der Waals surface area contributed by atoms with Crippen LogP contribution >= 0.6 is 35.0 Å². The zero-order valence-corrected chi connectivity index (χ0v) is 17.3. The highest BCUT2D eigenvalue weighted by molar-refractivity contribution is 7.98. The maximum absolute atomic E-state index is 12.4. The molecule has 148 valence electrons. The van der Waals surface area contributed by atoms with Gasteiger partial charge in [0.15, 0.2) is 0 Å². The molecule has 2 aromatic carbocycles. The Labute approximate surface area is 180 Å². The van der Waals surface area contributed by atoms with Gasteiger partial charge in [-0.1, -0.05) is 65.3 Å². The second-order valence-corrected chi connectivity index (χ2v) is 8.10. The van der Waals surface area contributed by atoms with Crippen molar-refractivity contribution in [1.29, 1.82) is 0 Å². The minimum Gasteiger partial charge on any atom is -0.325 e. The zero-order chi connectivity index (χ0) is 20.4. The lowest BCUT2D eigenvalue weighted by Gasteiger charge is -2.11. The number of halogens is 2. The normalized spacial score (nSPS) is 15.1. The molecule has 1 aliphatic heterocycles. The van der Waals surface area contributed by atoms with Gasteiger partial charge in [0, 0.05) is 10.8 Å². The molecule has 0 aliphatic carbocycles. The summed E-state index contributed by atoms with van der Waals surface area (Å²) in [6.07, 6.45) is -0.0933. The summed E-state index contributed by atoms with van der Waals surface area (Å²) in [6.45, 7) is 0. The molecule has 0 saturated carbocycles. The van der Waals surface area contributed by atoms with Crippen molar-refractivity contribution in [3.63, 3.8) is 0 Å². The molecule has 2 heterocycles. The number of carbonyl (C=O) groups excluding carboxylic acids is 2. The molecule has 0 saturated heterocycles. The van der Waals surface area contributed by atoms with Gasteiger partial charge in [-0.2, -0.15) is 4.98 Å². The van der Waals surface area contributed by atoms with Gasteiger partial charge >= 0.3 is 0 Å². The first-order valence-electron chi connectivity index (χ1n) is 8.68. The average Bonchev–Trinajstić information content (AvgIpc) is 3.21. The van der Waals surface area contributed by atoms with Crippen LogP contribution in [0.25, 0.3) is 0 Å². The van der Waals surface area contributed by atoms with Crippen LogP contribution in [-0.2, 0) is 15.3 Å². The number of rotatable bonds is 6. The van der Waals surface area contributed by atoms with E-state index in [2.05, 4.69) is 20.7 Å². The predicted octanol–water partition coefficient (Wildman–Crippen LogP) is 4.40. The molecule has 0 fully saturated rings. The van der Waals surface area contributed by atoms with Crippen LogP contribution in [0.1, 0.15) is 18.0 Å². The molecule has 10 heteroatoms. The number of benzene rings is 2. The summed E-state index contributed by atoms with van der Waals surface area (Å²) in [6, 6.07) is 13.9. The lowest BCUT2D eigenvalue weighted by Crippen LogP contribution is -2.23. The molecule has 2 amide bonds. The topological polar surface area (TPSA) is 88.9 Å². The summed E-state index contributed by atoms with van der Waals surface area (Å²) < 4.78 is 1.46. The Balaban J connectivity index is 1.42. The van der Waals surface area contributed by atoms with Crippen LogP contribution in [0, 0.1) is 0 Å². The Morgan fingerprint density at radius 3 is 2.76 bits per heavy atom. The number of fused-ring (bicyclic) bond motifs is 1. The van der Waals surface area contributed by atoms with Crippen molar-refractivity contribution in [2.75, 3.05) is 10.6 Å². The molecule has 1 atom stereocenters. The fourth-order valence-electron chi connectivity index (χ4n) is 2.84. The summed E-state index contributed by atoms with van der Waals surface area (Å²) in [5, 5.41) is 11.1. The summed E-state index contributed by atoms with van der Waals surface area (Å²) in [4.78, 5) is 29.0. The SMILES string of the molecule is O=C(CC1C(=O)Nc2nc(SCc3ccccc3)nn21)Nc1ccc(Cl)cc1Cl. The molecule has 1 aliphatic rings. The first-order valence-corrected chi connectivity index (χ1v) is 10.4. The van der Waals surface area contributed by atoms with E-state index in [4.69, 9.17) is 23.2 Å². The number of aromatic nitrogens is 3. The van der Waals surface area contributed by atoms with Gasteiger partial charge in [-0.25, -0.2) is 4.68 Å². The van der Waals surface area contributed by atoms with Crippen LogP contribution in [0.5, 0.6) is 0 Å². The fraction of sp³-hybridized carbons (Fsp3) is 0.158. The molecule has 0 spiro atoms. The van der Waals surface area contributed by atoms with Gasteiger partial charge in [-0.3, -0.25) is 14.9 Å². The number of nitrogens with zero attached hydrogens (tertiary/aromatic N) is 3. The highest BCUT2D eigenvalue weighted by atomic mass is 35.5. The van der Waals surface area contributed by atoms with Gasteiger partial charge in [0.2, 0.25) is 17.0 Å². The third-order valence-electron chi connectivity index (χ3n) is 4.24. The minimum absolute atomic E-state index is 0.0933. The summed E-state index contributed by atoms with van der Waals surface area (Å²) >= 11 is 13.4. The van der Waals surface area contributed by atoms with Crippen LogP contribution < -0.4 is 10.6 Å². The number of carbonyl (C=O) groups is 2. The molecule has 29 heavy (non-hydrogen) atoms. The number of thioether (sulfide) groups is 1. The maximum Gasteiger partial charge on any atom is 0.252 e. The van der Waals surface area contributed by atoms with E-state index in [0.29, 0.717) is 32.6 Å². The second-order valence-electron chi connectivity index (χ2n) is 6.32. The molecule has 0 bridgehead atoms. The van der Waals surface area contributed by atoms with Crippen molar-refractivity contribution in [2.45, 2.75) is 23.4 Å². The van der Waals surface area contributed by atoms with Crippen LogP contribution in [0.15, 0.2) is 53.7 Å². The summed E-state index contributed by atoms with van der Waals surface area (Å²) in [5.41, 5.74) is 1.57. The van der Waals surface area contributed by atoms with Gasteiger partial charge in [-0.15, -0.1) is 5.10 Å². The first-order chi connectivity index (χ1) is 14.0. The first kappa shape index (κ1) is 19.8. The largest absolute Gasteiger partial charge is 0.325 e. The third kappa shape index (κ3) is 4.55. The zero-order valence-electron chi connectivity index (χ0n) is 14.9. The third-order valence-corrected chi connectivity index (χ3v) is 5.70. The van der Waals surface area contributed by atoms with Crippen molar-refractivity contribution < 1.29 is 9.59 Å². The van der Waals surface area contributed by atoms with Gasteiger partial charge in [0.25, 0.3) is 5.91 Å². The van der Waals surface area contributed by atoms with E-state index >= 15 is 0 Å². The number of nitrogens with one attached hydrogen (secondary N) is 2. The molecule has 2 N–H and O–H groups in total. The Morgan fingerprint density at radius 2 is 2.00 bits per heavy atom. The van der Waals surface area contributed by atoms with E-state index in [-0.39, 0.29) is 18.2 Å². The molecule has 1 unspecified atom stereocenters. The Kier molecular flexibility index (Phi) is 5.75. The lowest BCUT2D eigenvalue weighted by atomic mass is 10.2. The predicted molar refractivity (Wildman–Crippen MR) is 113 cm³/mol. The van der Waals surface area contributed by atoms with E-state index in [9.17, 15) is 9.59 Å². The molecule has 3 aromatic rings. The number of hydrogen-bond acceptors (Lipinski definition) is 5. The molecule has 0 radical (unpaired) electrons. The van der Waals surface area contributed by atoms with Gasteiger partial charge < -0.3 is 5.32 Å². The molecule has 4 rings (SSSR count). The number of anilines is 2. The Morgan fingerprint density at radius 1 is 1.21 bits per heavy atom. The van der Waals surface area contributed by atoms with E-state index < -0.39 is 6.04 Å². The quantitative estimate of drug-likeness (QED) is 0.546. The minimum atomic E-state index is -0.769. The van der Waals surface area contributed by atoms with Crippen molar-refractivity contribution in [2.24, 2.45) is 0 Å². The van der Waals surface area contributed by atoms with Crippen LogP contribution in [0.3, 0.4) is 0 Å². The van der Waals surface area contributed by atoms with Gasteiger partial charge in [-0.05, 0) is 23.8 Å². The molecular formula is C19H15Cl2N5O2S. The van der Waals surface area contributed by atoms with Crippen LogP contribution in [-0.4, -0.2) is 26.6 Å². The Hall–Kier alpha value is -2.55. The maximum atomic E-state index is 12.4. The Bertz CT molecular complexity index is 1070. The summed E-state index contributed by atoms with van der Waals surface area (Å²) in [7, 11) is 0. The van der Waals surface area contributed by atoms with Crippen molar-refractivity contribution in [3.8, 4) is 0 Å². The average molecular weight is 448 g/mol. The monoisotopic (exact) mass is 447 g/mol. The second kappa shape index (κ2) is 8.44. The van der Waals surface area contributed by atoms with Gasteiger partial charge in [0.05, 0.1) is 17.1 Å². The fourth-order valence-corrected chi connectivity index (χ4v) is 4.08. The van der Waals surface area contributed by atoms with E-state index in [1.165, 1.54) is 22.5 Å². The van der Waals surface area contributed by atoms with Crippen molar-refractivity contribution in [3.05, 3.63) is 64.1 Å². The van der Waals surface area contributed by atoms with Crippen LogP contribution in [0.4, 0.5) is 11.6 Å². The van der Waals surface area contributed by atoms with Gasteiger partial charge in [0.1, 0.15) is 6.04 Å². The van der Waals surface area contributed by atoms with Crippen LogP contribution in [0.2, 0.25) is 10.0 Å². The van der Waals surface area contributed by atoms with Crippen molar-refractivity contribution in [1.82, 2.24) is 14.8 Å². The van der Waals surface area contributed by atoms with E-state index in [0.717, 1.165) is 5.56 Å². The van der Waals surface area contributed by atoms with Crippen molar-refractivity contribution >= 4 is 58.4 Å². The summed E-state index contributed by atoms with van der Waals surface area (Å²) in [5.74, 6) is 0.361. The highest BCUT2D eigenvalue weighted by Gasteiger charge is 2.35. The highest BCUT2D eigenvalue weighted by Crippen LogP contribution is 2.30.